The van der Waals surface area contributed by atoms with Crippen LogP contribution < -0.4 is 5.32 Å². The summed E-state index contributed by atoms with van der Waals surface area (Å²) in [4.78, 5) is 12.2. The van der Waals surface area contributed by atoms with Crippen LogP contribution in [0.4, 0.5) is 4.39 Å². The lowest BCUT2D eigenvalue weighted by atomic mass is 10.2. The van der Waals surface area contributed by atoms with Gasteiger partial charge in [0.1, 0.15) is 11.6 Å². The van der Waals surface area contributed by atoms with E-state index >= 15 is 0 Å². The Balaban J connectivity index is 1.55. The van der Waals surface area contributed by atoms with Gasteiger partial charge in [0.05, 0.1) is 5.56 Å². The largest absolute Gasteiger partial charge is 0.352 e. The highest BCUT2D eigenvalue weighted by Crippen LogP contribution is 2.33. The van der Waals surface area contributed by atoms with E-state index in [1.54, 1.807) is 11.8 Å². The number of aromatic nitrogens is 3. The van der Waals surface area contributed by atoms with Gasteiger partial charge in [0.2, 0.25) is 0 Å². The first-order chi connectivity index (χ1) is 12.6. The quantitative estimate of drug-likeness (QED) is 0.512. The van der Waals surface area contributed by atoms with Crippen LogP contribution in [0.15, 0.2) is 27.8 Å². The summed E-state index contributed by atoms with van der Waals surface area (Å²) < 4.78 is 15.9. The number of thioether (sulfide) groups is 1. The maximum Gasteiger partial charge on any atom is 0.252 e. The molecular weight excluding hydrogens is 419 g/mol. The summed E-state index contributed by atoms with van der Waals surface area (Å²) >= 11 is 4.86. The van der Waals surface area contributed by atoms with Gasteiger partial charge < -0.3 is 9.88 Å². The zero-order chi connectivity index (χ0) is 18.5. The summed E-state index contributed by atoms with van der Waals surface area (Å²) in [5, 5.41) is 12.5. The molecule has 1 aliphatic rings. The summed E-state index contributed by atoms with van der Waals surface area (Å²) in [6.07, 6.45) is 8.48. The van der Waals surface area contributed by atoms with Gasteiger partial charge in [0, 0.05) is 23.5 Å². The van der Waals surface area contributed by atoms with E-state index < -0.39 is 0 Å². The highest BCUT2D eigenvalue weighted by Gasteiger charge is 2.23. The predicted molar refractivity (Wildman–Crippen MR) is 104 cm³/mol. The third-order valence-corrected chi connectivity index (χ3v) is 5.95. The molecule has 1 saturated carbocycles. The lowest BCUT2D eigenvalue weighted by molar-refractivity contribution is 0.0952. The molecule has 0 aliphatic heterocycles. The second-order valence-corrected chi connectivity index (χ2v) is 8.02. The molecule has 5 nitrogen and oxygen atoms in total. The van der Waals surface area contributed by atoms with Crippen molar-refractivity contribution in [1.29, 1.82) is 0 Å². The van der Waals surface area contributed by atoms with Gasteiger partial charge >= 0.3 is 0 Å². The monoisotopic (exact) mass is 440 g/mol. The van der Waals surface area contributed by atoms with Gasteiger partial charge in [-0.2, -0.15) is 0 Å². The van der Waals surface area contributed by atoms with Crippen molar-refractivity contribution in [3.63, 3.8) is 0 Å². The summed E-state index contributed by atoms with van der Waals surface area (Å²) in [5.74, 6) is 0.418. The highest BCUT2D eigenvalue weighted by atomic mass is 79.9. The van der Waals surface area contributed by atoms with Crippen LogP contribution in [0.5, 0.6) is 0 Å². The van der Waals surface area contributed by atoms with E-state index in [0.717, 1.165) is 23.8 Å². The van der Waals surface area contributed by atoms with Gasteiger partial charge in [-0.05, 0) is 59.6 Å². The Bertz CT molecular complexity index is 777. The molecular formula is C18H22BrFN4OS. The average molecular weight is 441 g/mol. The van der Waals surface area contributed by atoms with Gasteiger partial charge in [-0.25, -0.2) is 4.39 Å². The summed E-state index contributed by atoms with van der Waals surface area (Å²) in [6.45, 7) is 0.536. The van der Waals surface area contributed by atoms with Crippen LogP contribution in [0.2, 0.25) is 0 Å². The van der Waals surface area contributed by atoms with Crippen LogP contribution >= 0.6 is 27.7 Å². The van der Waals surface area contributed by atoms with Gasteiger partial charge in [-0.1, -0.05) is 24.6 Å². The predicted octanol–water partition coefficient (Wildman–Crippen LogP) is 4.38. The Labute approximate surface area is 165 Å². The molecule has 1 heterocycles. The third kappa shape index (κ3) is 4.46. The fraction of sp³-hybridized carbons (Fsp3) is 0.500. The fourth-order valence-electron chi connectivity index (χ4n) is 3.36. The highest BCUT2D eigenvalue weighted by molar-refractivity contribution is 9.10. The topological polar surface area (TPSA) is 59.8 Å². The minimum Gasteiger partial charge on any atom is -0.352 e. The van der Waals surface area contributed by atoms with Crippen molar-refractivity contribution < 1.29 is 9.18 Å². The molecule has 1 fully saturated rings. The number of amides is 1. The standard InChI is InChI=1S/C18H22BrFN4OS/c1-26-18-23-22-16(24(18)13-5-2-3-6-13)7-4-10-21-17(25)14-9-8-12(20)11-15(14)19/h8-9,11,13H,2-7,10H2,1H3,(H,21,25). The molecule has 1 aromatic carbocycles. The second kappa shape index (κ2) is 8.99. The number of carbonyl (C=O) groups is 1. The molecule has 0 unspecified atom stereocenters. The number of nitrogens with one attached hydrogen (secondary N) is 1. The Morgan fingerprint density at radius 3 is 2.85 bits per heavy atom. The molecule has 1 amide bonds. The van der Waals surface area contributed by atoms with Gasteiger partial charge in [0.15, 0.2) is 5.16 Å². The number of benzene rings is 1. The van der Waals surface area contributed by atoms with Gasteiger partial charge in [-0.15, -0.1) is 10.2 Å². The third-order valence-electron chi connectivity index (χ3n) is 4.65. The van der Waals surface area contributed by atoms with Crippen molar-refractivity contribution in [3.8, 4) is 0 Å². The molecule has 26 heavy (non-hydrogen) atoms. The van der Waals surface area contributed by atoms with Crippen LogP contribution in [-0.4, -0.2) is 33.5 Å². The first-order valence-electron chi connectivity index (χ1n) is 8.81. The van der Waals surface area contributed by atoms with Crippen LogP contribution in [-0.2, 0) is 6.42 Å². The number of halogens is 2. The Morgan fingerprint density at radius 2 is 2.15 bits per heavy atom. The van der Waals surface area contributed by atoms with Crippen LogP contribution in [0.1, 0.15) is 54.3 Å². The summed E-state index contributed by atoms with van der Waals surface area (Å²) in [5.41, 5.74) is 0.435. The van der Waals surface area contributed by atoms with E-state index in [1.807, 2.05) is 6.26 Å². The average Bonchev–Trinajstić information content (AvgIpc) is 3.27. The summed E-state index contributed by atoms with van der Waals surface area (Å²) in [7, 11) is 0. The van der Waals surface area contributed by atoms with E-state index in [9.17, 15) is 9.18 Å². The number of rotatable bonds is 7. The maximum atomic E-state index is 13.1. The van der Waals surface area contributed by atoms with E-state index in [4.69, 9.17) is 0 Å². The number of carbonyl (C=O) groups excluding carboxylic acids is 1. The number of hydrogen-bond acceptors (Lipinski definition) is 4. The fourth-order valence-corrected chi connectivity index (χ4v) is 4.47. The molecule has 0 atom stereocenters. The molecule has 1 aromatic heterocycles. The van der Waals surface area contributed by atoms with Crippen molar-refractivity contribution in [2.24, 2.45) is 0 Å². The first kappa shape index (κ1) is 19.4. The molecule has 8 heteroatoms. The summed E-state index contributed by atoms with van der Waals surface area (Å²) in [6, 6.07) is 4.57. The van der Waals surface area contributed by atoms with Crippen LogP contribution in [0, 0.1) is 5.82 Å². The molecule has 1 N–H and O–H groups in total. The maximum absolute atomic E-state index is 13.1. The van der Waals surface area contributed by atoms with Crippen molar-refractivity contribution in [3.05, 3.63) is 39.9 Å². The number of nitrogens with zero attached hydrogens (tertiary/aromatic N) is 3. The molecule has 2 aromatic rings. The molecule has 0 saturated heterocycles. The number of hydrogen-bond donors (Lipinski definition) is 1. The zero-order valence-corrected chi connectivity index (χ0v) is 17.1. The first-order valence-corrected chi connectivity index (χ1v) is 10.8. The molecule has 3 rings (SSSR count). The van der Waals surface area contributed by atoms with Gasteiger partial charge in [0.25, 0.3) is 5.91 Å². The van der Waals surface area contributed by atoms with E-state index in [0.29, 0.717) is 22.6 Å². The van der Waals surface area contributed by atoms with Crippen molar-refractivity contribution in [2.45, 2.75) is 49.7 Å². The molecule has 0 bridgehead atoms. The van der Waals surface area contributed by atoms with Gasteiger partial charge in [-0.3, -0.25) is 4.79 Å². The molecule has 1 aliphatic carbocycles. The van der Waals surface area contributed by atoms with E-state index in [2.05, 4.69) is 36.0 Å². The van der Waals surface area contributed by atoms with E-state index in [1.165, 1.54) is 43.9 Å². The molecule has 140 valence electrons. The molecule has 0 spiro atoms. The van der Waals surface area contributed by atoms with Crippen molar-refractivity contribution >= 4 is 33.6 Å². The normalized spacial score (nSPS) is 14.7. The number of aryl methyl sites for hydroxylation is 1. The Morgan fingerprint density at radius 1 is 1.38 bits per heavy atom. The van der Waals surface area contributed by atoms with Crippen molar-refractivity contribution in [2.75, 3.05) is 12.8 Å². The minimum atomic E-state index is -0.371. The Hall–Kier alpha value is -1.41. The minimum absolute atomic E-state index is 0.209. The zero-order valence-electron chi connectivity index (χ0n) is 14.7. The smallest absolute Gasteiger partial charge is 0.252 e. The lowest BCUT2D eigenvalue weighted by Crippen LogP contribution is -2.25. The van der Waals surface area contributed by atoms with Crippen molar-refractivity contribution in [1.82, 2.24) is 20.1 Å². The van der Waals surface area contributed by atoms with Crippen LogP contribution in [0.3, 0.4) is 0 Å². The molecule has 0 radical (unpaired) electrons. The SMILES string of the molecule is CSc1nnc(CCCNC(=O)c2ccc(F)cc2Br)n1C1CCCC1. The second-order valence-electron chi connectivity index (χ2n) is 6.39. The van der Waals surface area contributed by atoms with Crippen LogP contribution in [0.25, 0.3) is 0 Å². The Kier molecular flexibility index (Phi) is 6.69. The lowest BCUT2D eigenvalue weighted by Gasteiger charge is -2.16. The van der Waals surface area contributed by atoms with E-state index in [-0.39, 0.29) is 11.7 Å².